The van der Waals surface area contributed by atoms with E-state index < -0.39 is 0 Å². The fourth-order valence-electron chi connectivity index (χ4n) is 2.99. The first-order chi connectivity index (χ1) is 9.15. The van der Waals surface area contributed by atoms with Crippen molar-refractivity contribution in [3.05, 3.63) is 35.1 Å². The van der Waals surface area contributed by atoms with E-state index >= 15 is 0 Å². The number of hydrogen-bond acceptors (Lipinski definition) is 2. The van der Waals surface area contributed by atoms with Gasteiger partial charge < -0.3 is 5.32 Å². The summed E-state index contributed by atoms with van der Waals surface area (Å²) in [6.07, 6.45) is 1.12. The number of halogens is 3. The molecule has 2 nitrogen and oxygen atoms in total. The topological polar surface area (TPSA) is 15.3 Å². The first kappa shape index (κ1) is 20.6. The molecule has 1 aromatic carbocycles. The zero-order valence-corrected chi connectivity index (χ0v) is 14.7. The van der Waals surface area contributed by atoms with Gasteiger partial charge in [-0.3, -0.25) is 4.90 Å². The predicted molar refractivity (Wildman–Crippen MR) is 92.3 cm³/mol. The Morgan fingerprint density at radius 3 is 2.43 bits per heavy atom. The van der Waals surface area contributed by atoms with Gasteiger partial charge in [0, 0.05) is 32.2 Å². The van der Waals surface area contributed by atoms with E-state index in [1.165, 1.54) is 0 Å². The van der Waals surface area contributed by atoms with Crippen molar-refractivity contribution in [3.63, 3.8) is 0 Å². The van der Waals surface area contributed by atoms with Crippen molar-refractivity contribution >= 4 is 24.8 Å². The second-order valence-corrected chi connectivity index (χ2v) is 5.57. The largest absolute Gasteiger partial charge is 0.314 e. The highest BCUT2D eigenvalue weighted by Crippen LogP contribution is 2.33. The lowest BCUT2D eigenvalue weighted by Crippen LogP contribution is -2.46. The lowest BCUT2D eigenvalue weighted by atomic mass is 9.88. The summed E-state index contributed by atoms with van der Waals surface area (Å²) in [4.78, 5) is 2.51. The highest BCUT2D eigenvalue weighted by atomic mass is 35.5. The van der Waals surface area contributed by atoms with Gasteiger partial charge in [-0.15, -0.1) is 24.8 Å². The van der Waals surface area contributed by atoms with Gasteiger partial charge in [-0.2, -0.15) is 0 Å². The molecule has 0 spiro atoms. The SMILES string of the molecule is CCC(C)[C@@H](c1cccc(F)c1C)N1CCNCC1.Cl.Cl. The number of hydrogen-bond donors (Lipinski definition) is 1. The molecule has 0 aliphatic carbocycles. The molecule has 0 saturated carbocycles. The van der Waals surface area contributed by atoms with Crippen LogP contribution in [0.5, 0.6) is 0 Å². The van der Waals surface area contributed by atoms with Crippen LogP contribution in [-0.2, 0) is 0 Å². The average molecular weight is 337 g/mol. The van der Waals surface area contributed by atoms with Crippen LogP contribution in [-0.4, -0.2) is 31.1 Å². The van der Waals surface area contributed by atoms with Crippen molar-refractivity contribution in [2.45, 2.75) is 33.2 Å². The van der Waals surface area contributed by atoms with Crippen LogP contribution >= 0.6 is 24.8 Å². The van der Waals surface area contributed by atoms with Crippen molar-refractivity contribution in [1.29, 1.82) is 0 Å². The molecule has 5 heteroatoms. The number of nitrogens with zero attached hydrogens (tertiary/aromatic N) is 1. The molecule has 0 bridgehead atoms. The molecular weight excluding hydrogens is 310 g/mol. The fraction of sp³-hybridized carbons (Fsp3) is 0.625. The molecule has 0 radical (unpaired) electrons. The minimum Gasteiger partial charge on any atom is -0.314 e. The number of benzene rings is 1. The summed E-state index contributed by atoms with van der Waals surface area (Å²) in [7, 11) is 0. The van der Waals surface area contributed by atoms with Crippen LogP contribution in [0.4, 0.5) is 4.39 Å². The van der Waals surface area contributed by atoms with Crippen LogP contribution in [0, 0.1) is 18.7 Å². The third-order valence-corrected chi connectivity index (χ3v) is 4.36. The average Bonchev–Trinajstić information content (AvgIpc) is 2.44. The molecule has 1 heterocycles. The lowest BCUT2D eigenvalue weighted by Gasteiger charge is -2.39. The van der Waals surface area contributed by atoms with Crippen LogP contribution in [0.1, 0.15) is 37.4 Å². The summed E-state index contributed by atoms with van der Waals surface area (Å²) in [5, 5.41) is 3.39. The van der Waals surface area contributed by atoms with Gasteiger partial charge in [0.1, 0.15) is 5.82 Å². The van der Waals surface area contributed by atoms with Crippen LogP contribution in [0.15, 0.2) is 18.2 Å². The number of piperazine rings is 1. The summed E-state index contributed by atoms with van der Waals surface area (Å²) < 4.78 is 13.8. The second kappa shape index (κ2) is 9.62. The summed E-state index contributed by atoms with van der Waals surface area (Å²) in [5.74, 6) is 0.458. The van der Waals surface area contributed by atoms with Crippen molar-refractivity contribution < 1.29 is 4.39 Å². The van der Waals surface area contributed by atoms with Gasteiger partial charge >= 0.3 is 0 Å². The van der Waals surface area contributed by atoms with E-state index in [9.17, 15) is 4.39 Å². The van der Waals surface area contributed by atoms with Crippen LogP contribution in [0.3, 0.4) is 0 Å². The van der Waals surface area contributed by atoms with E-state index in [-0.39, 0.29) is 30.6 Å². The van der Waals surface area contributed by atoms with Crippen molar-refractivity contribution in [3.8, 4) is 0 Å². The van der Waals surface area contributed by atoms with Crippen molar-refractivity contribution in [2.24, 2.45) is 5.92 Å². The minimum atomic E-state index is -0.0825. The first-order valence-electron chi connectivity index (χ1n) is 7.35. The molecule has 1 saturated heterocycles. The molecule has 2 rings (SSSR count). The third kappa shape index (κ3) is 4.82. The Labute approximate surface area is 140 Å². The highest BCUT2D eigenvalue weighted by molar-refractivity contribution is 5.85. The maximum Gasteiger partial charge on any atom is 0.126 e. The highest BCUT2D eigenvalue weighted by Gasteiger charge is 2.28. The predicted octanol–water partition coefficient (Wildman–Crippen LogP) is 3.97. The Morgan fingerprint density at radius 2 is 1.86 bits per heavy atom. The molecule has 0 amide bonds. The van der Waals surface area contributed by atoms with Gasteiger partial charge in [-0.25, -0.2) is 4.39 Å². The zero-order chi connectivity index (χ0) is 13.8. The van der Waals surface area contributed by atoms with E-state index in [2.05, 4.69) is 30.1 Å². The van der Waals surface area contributed by atoms with E-state index in [1.54, 1.807) is 6.07 Å². The Balaban J connectivity index is 0.00000200. The standard InChI is InChI=1S/C16H25FN2.2ClH/c1-4-12(2)16(19-10-8-18-9-11-19)14-6-5-7-15(17)13(14)3;;/h5-7,12,16,18H,4,8-11H2,1-3H3;2*1H/t12?,16-;;/m0../s1. The van der Waals surface area contributed by atoms with Crippen molar-refractivity contribution in [2.75, 3.05) is 26.2 Å². The summed E-state index contributed by atoms with van der Waals surface area (Å²) in [6.45, 7) is 10.5. The summed E-state index contributed by atoms with van der Waals surface area (Å²) in [6, 6.07) is 5.83. The maximum absolute atomic E-state index is 13.8. The monoisotopic (exact) mass is 336 g/mol. The molecule has 1 aliphatic rings. The fourth-order valence-corrected chi connectivity index (χ4v) is 2.99. The van der Waals surface area contributed by atoms with E-state index in [0.29, 0.717) is 12.0 Å². The lowest BCUT2D eigenvalue weighted by molar-refractivity contribution is 0.128. The van der Waals surface area contributed by atoms with Gasteiger partial charge in [0.2, 0.25) is 0 Å². The van der Waals surface area contributed by atoms with Gasteiger partial charge in [-0.1, -0.05) is 32.4 Å². The molecule has 1 aliphatic heterocycles. The van der Waals surface area contributed by atoms with Crippen LogP contribution in [0.25, 0.3) is 0 Å². The van der Waals surface area contributed by atoms with Gasteiger partial charge in [0.15, 0.2) is 0 Å². The molecule has 1 aromatic rings. The van der Waals surface area contributed by atoms with E-state index in [0.717, 1.165) is 43.7 Å². The third-order valence-electron chi connectivity index (χ3n) is 4.36. The minimum absolute atomic E-state index is 0. The molecule has 1 fully saturated rings. The molecule has 1 unspecified atom stereocenters. The molecule has 0 aromatic heterocycles. The smallest absolute Gasteiger partial charge is 0.126 e. The van der Waals surface area contributed by atoms with Gasteiger partial charge in [-0.05, 0) is 30.0 Å². The molecular formula is C16H27Cl2FN2. The summed E-state index contributed by atoms with van der Waals surface area (Å²) >= 11 is 0. The maximum atomic E-state index is 13.8. The molecule has 2 atom stereocenters. The van der Waals surface area contributed by atoms with Gasteiger partial charge in [0.25, 0.3) is 0 Å². The summed E-state index contributed by atoms with van der Waals surface area (Å²) in [5.41, 5.74) is 1.97. The second-order valence-electron chi connectivity index (χ2n) is 5.57. The molecule has 122 valence electrons. The molecule has 1 N–H and O–H groups in total. The Morgan fingerprint density at radius 1 is 1.24 bits per heavy atom. The number of nitrogens with one attached hydrogen (secondary N) is 1. The zero-order valence-electron chi connectivity index (χ0n) is 13.1. The van der Waals surface area contributed by atoms with Gasteiger partial charge in [0.05, 0.1) is 0 Å². The quantitative estimate of drug-likeness (QED) is 0.894. The Bertz CT molecular complexity index is 423. The Hall–Kier alpha value is -0.350. The Kier molecular flexibility index (Phi) is 9.46. The van der Waals surface area contributed by atoms with Crippen LogP contribution in [0.2, 0.25) is 0 Å². The van der Waals surface area contributed by atoms with Crippen LogP contribution < -0.4 is 5.32 Å². The van der Waals surface area contributed by atoms with E-state index in [4.69, 9.17) is 0 Å². The molecule has 21 heavy (non-hydrogen) atoms. The van der Waals surface area contributed by atoms with E-state index in [1.807, 2.05) is 13.0 Å². The normalized spacial score (nSPS) is 18.3. The number of rotatable bonds is 4. The van der Waals surface area contributed by atoms with Crippen molar-refractivity contribution in [1.82, 2.24) is 10.2 Å². The first-order valence-corrected chi connectivity index (χ1v) is 7.35.